The van der Waals surface area contributed by atoms with Crippen LogP contribution in [0.15, 0.2) is 58.0 Å². The van der Waals surface area contributed by atoms with E-state index in [4.69, 9.17) is 8.94 Å². The number of hydrogen-bond acceptors (Lipinski definition) is 5. The summed E-state index contributed by atoms with van der Waals surface area (Å²) in [6.45, 7) is 3.82. The van der Waals surface area contributed by atoms with Gasteiger partial charge in [-0.2, -0.15) is 0 Å². The van der Waals surface area contributed by atoms with Crippen LogP contribution >= 0.6 is 0 Å². The quantitative estimate of drug-likeness (QED) is 0.707. The zero-order valence-corrected chi connectivity index (χ0v) is 14.4. The van der Waals surface area contributed by atoms with Crippen LogP contribution in [0.25, 0.3) is 11.1 Å². The van der Waals surface area contributed by atoms with Crippen molar-refractivity contribution in [2.75, 3.05) is 16.3 Å². The van der Waals surface area contributed by atoms with Gasteiger partial charge in [-0.05, 0) is 36.8 Å². The van der Waals surface area contributed by atoms with Gasteiger partial charge in [-0.15, -0.1) is 0 Å². The number of fused-ring (bicyclic) bond motifs is 1. The Kier molecular flexibility index (Phi) is 3.84. The van der Waals surface area contributed by atoms with Crippen LogP contribution in [0.4, 0.5) is 11.4 Å². The van der Waals surface area contributed by atoms with Crippen molar-refractivity contribution in [1.82, 2.24) is 5.16 Å². The summed E-state index contributed by atoms with van der Waals surface area (Å²) < 4.78 is 10.2. The highest BCUT2D eigenvalue weighted by Gasteiger charge is 2.35. The molecule has 7 heteroatoms. The minimum Gasteiger partial charge on any atom is -0.459 e. The summed E-state index contributed by atoms with van der Waals surface area (Å²) in [6, 6.07) is 8.75. The second-order valence-corrected chi connectivity index (χ2v) is 6.25. The first kappa shape index (κ1) is 16.1. The predicted molar refractivity (Wildman–Crippen MR) is 94.9 cm³/mol. The second kappa shape index (κ2) is 6.18. The molecule has 1 atom stereocenters. The van der Waals surface area contributed by atoms with Crippen LogP contribution in [0.5, 0.6) is 0 Å². The molecule has 0 aliphatic carbocycles. The van der Waals surface area contributed by atoms with Gasteiger partial charge < -0.3 is 18.7 Å². The number of carbonyl (C=O) groups excluding carboxylic acids is 2. The lowest BCUT2D eigenvalue weighted by Crippen LogP contribution is -2.51. The number of amides is 2. The van der Waals surface area contributed by atoms with Crippen molar-refractivity contribution < 1.29 is 18.5 Å². The molecular formula is C19H17N3O4. The molecule has 3 heterocycles. The smallest absolute Gasteiger partial charge is 0.294 e. The molecule has 132 valence electrons. The van der Waals surface area contributed by atoms with Gasteiger partial charge in [0.15, 0.2) is 5.76 Å². The van der Waals surface area contributed by atoms with Crippen molar-refractivity contribution in [3.63, 3.8) is 0 Å². The summed E-state index contributed by atoms with van der Waals surface area (Å²) in [5, 5.41) is 3.73. The zero-order chi connectivity index (χ0) is 18.3. The maximum atomic E-state index is 12.9. The van der Waals surface area contributed by atoms with Crippen LogP contribution in [-0.2, 0) is 4.79 Å². The van der Waals surface area contributed by atoms with Crippen molar-refractivity contribution in [3.05, 3.63) is 54.8 Å². The maximum absolute atomic E-state index is 12.9. The Morgan fingerprint density at radius 2 is 2.04 bits per heavy atom. The highest BCUT2D eigenvalue weighted by Crippen LogP contribution is 2.39. The molecule has 0 saturated carbocycles. The SMILES string of the molecule is CC(=O)N1c2ccc(-c3cnoc3)cc2N(C(=O)c2ccco2)C[C@@H]1C. The predicted octanol–water partition coefficient (Wildman–Crippen LogP) is 3.34. The molecule has 1 aromatic carbocycles. The molecule has 3 aromatic rings. The first-order chi connectivity index (χ1) is 12.6. The average molecular weight is 351 g/mol. The molecule has 0 fully saturated rings. The first-order valence-electron chi connectivity index (χ1n) is 8.25. The van der Waals surface area contributed by atoms with Crippen molar-refractivity contribution >= 4 is 23.2 Å². The molecule has 1 aliphatic heterocycles. The molecule has 0 radical (unpaired) electrons. The Morgan fingerprint density at radius 1 is 1.19 bits per heavy atom. The van der Waals surface area contributed by atoms with E-state index in [0.29, 0.717) is 17.9 Å². The van der Waals surface area contributed by atoms with Crippen LogP contribution in [0, 0.1) is 0 Å². The topological polar surface area (TPSA) is 79.8 Å². The zero-order valence-electron chi connectivity index (χ0n) is 14.4. The van der Waals surface area contributed by atoms with Crippen molar-refractivity contribution in [2.45, 2.75) is 19.9 Å². The number of carbonyl (C=O) groups is 2. The third-order valence-electron chi connectivity index (χ3n) is 4.50. The molecule has 2 aromatic heterocycles. The van der Waals surface area contributed by atoms with Gasteiger partial charge in [0.25, 0.3) is 5.91 Å². The summed E-state index contributed by atoms with van der Waals surface area (Å²) in [4.78, 5) is 28.5. The van der Waals surface area contributed by atoms with E-state index in [1.165, 1.54) is 19.5 Å². The van der Waals surface area contributed by atoms with Gasteiger partial charge in [-0.3, -0.25) is 9.59 Å². The van der Waals surface area contributed by atoms with Crippen LogP contribution in [-0.4, -0.2) is 29.6 Å². The number of hydrogen-bond donors (Lipinski definition) is 0. The van der Waals surface area contributed by atoms with Crippen LogP contribution in [0.1, 0.15) is 24.4 Å². The van der Waals surface area contributed by atoms with Gasteiger partial charge in [0.2, 0.25) is 5.91 Å². The van der Waals surface area contributed by atoms with E-state index in [1.54, 1.807) is 28.1 Å². The van der Waals surface area contributed by atoms with E-state index < -0.39 is 0 Å². The monoisotopic (exact) mass is 351 g/mol. The number of furan rings is 1. The molecule has 4 rings (SSSR count). The number of anilines is 2. The summed E-state index contributed by atoms with van der Waals surface area (Å²) in [5.74, 6) is -0.0508. The lowest BCUT2D eigenvalue weighted by molar-refractivity contribution is -0.117. The van der Waals surface area contributed by atoms with Crippen molar-refractivity contribution in [2.24, 2.45) is 0 Å². The summed E-state index contributed by atoms with van der Waals surface area (Å²) in [6.07, 6.45) is 4.61. The lowest BCUT2D eigenvalue weighted by atomic mass is 10.0. The Balaban J connectivity index is 1.85. The van der Waals surface area contributed by atoms with E-state index in [2.05, 4.69) is 5.16 Å². The molecule has 1 aliphatic rings. The van der Waals surface area contributed by atoms with E-state index in [9.17, 15) is 9.59 Å². The van der Waals surface area contributed by atoms with Gasteiger partial charge in [0.1, 0.15) is 6.26 Å². The Hall–Kier alpha value is -3.35. The van der Waals surface area contributed by atoms with Gasteiger partial charge in [-0.25, -0.2) is 0 Å². The fraction of sp³-hybridized carbons (Fsp3) is 0.211. The summed E-state index contributed by atoms with van der Waals surface area (Å²) >= 11 is 0. The lowest BCUT2D eigenvalue weighted by Gasteiger charge is -2.40. The molecule has 26 heavy (non-hydrogen) atoms. The minimum absolute atomic E-state index is 0.0680. The van der Waals surface area contributed by atoms with Crippen LogP contribution in [0.2, 0.25) is 0 Å². The van der Waals surface area contributed by atoms with E-state index in [1.807, 2.05) is 25.1 Å². The van der Waals surface area contributed by atoms with Crippen molar-refractivity contribution in [3.8, 4) is 11.1 Å². The van der Waals surface area contributed by atoms with Gasteiger partial charge >= 0.3 is 0 Å². The molecular weight excluding hydrogens is 334 g/mol. The third-order valence-corrected chi connectivity index (χ3v) is 4.50. The van der Waals surface area contributed by atoms with Crippen molar-refractivity contribution in [1.29, 1.82) is 0 Å². The molecule has 7 nitrogen and oxygen atoms in total. The highest BCUT2D eigenvalue weighted by atomic mass is 16.5. The van der Waals surface area contributed by atoms with Gasteiger partial charge in [-0.1, -0.05) is 11.2 Å². The molecule has 0 bridgehead atoms. The fourth-order valence-electron chi connectivity index (χ4n) is 3.36. The number of rotatable bonds is 2. The first-order valence-corrected chi connectivity index (χ1v) is 8.25. The van der Waals surface area contributed by atoms with Crippen LogP contribution in [0.3, 0.4) is 0 Å². The molecule has 0 N–H and O–H groups in total. The van der Waals surface area contributed by atoms with E-state index in [0.717, 1.165) is 11.1 Å². The van der Waals surface area contributed by atoms with Crippen LogP contribution < -0.4 is 9.80 Å². The van der Waals surface area contributed by atoms with Gasteiger partial charge in [0, 0.05) is 19.0 Å². The number of benzene rings is 1. The Labute approximate surface area is 149 Å². The molecule has 2 amide bonds. The normalized spacial score (nSPS) is 16.5. The summed E-state index contributed by atoms with van der Waals surface area (Å²) in [7, 11) is 0. The molecule has 0 spiro atoms. The largest absolute Gasteiger partial charge is 0.459 e. The standard InChI is InChI=1S/C19H17N3O4/c1-12-10-21(19(24)18-4-3-7-25-18)17-8-14(15-9-20-26-11-15)5-6-16(17)22(12)13(2)23/h3-9,11-12H,10H2,1-2H3/t12-/m0/s1. The highest BCUT2D eigenvalue weighted by molar-refractivity contribution is 6.10. The number of nitrogens with zero attached hydrogens (tertiary/aromatic N) is 3. The van der Waals surface area contributed by atoms with Gasteiger partial charge in [0.05, 0.1) is 29.9 Å². The van der Waals surface area contributed by atoms with E-state index in [-0.39, 0.29) is 23.6 Å². The molecule has 0 unspecified atom stereocenters. The average Bonchev–Trinajstić information content (AvgIpc) is 3.33. The Morgan fingerprint density at radius 3 is 2.69 bits per heavy atom. The summed E-state index contributed by atoms with van der Waals surface area (Å²) in [5.41, 5.74) is 2.99. The third kappa shape index (κ3) is 2.57. The minimum atomic E-state index is -0.242. The van der Waals surface area contributed by atoms with E-state index >= 15 is 0 Å². The second-order valence-electron chi connectivity index (χ2n) is 6.25. The Bertz CT molecular complexity index is 947. The number of aromatic nitrogens is 1. The fourth-order valence-corrected chi connectivity index (χ4v) is 3.36. The maximum Gasteiger partial charge on any atom is 0.294 e. The molecule has 0 saturated heterocycles.